The van der Waals surface area contributed by atoms with Crippen molar-refractivity contribution in [2.75, 3.05) is 13.6 Å². The van der Waals surface area contributed by atoms with E-state index in [4.69, 9.17) is 16.7 Å². The second kappa shape index (κ2) is 8.84. The smallest absolute Gasteiger partial charge is 0.238 e. The Morgan fingerprint density at radius 1 is 1.12 bits per heavy atom. The highest BCUT2D eigenvalue weighted by Crippen LogP contribution is 2.11. The summed E-state index contributed by atoms with van der Waals surface area (Å²) in [5.74, 6) is 0.628. The summed E-state index contributed by atoms with van der Waals surface area (Å²) in [6.07, 6.45) is 0.808. The number of benzene rings is 2. The lowest BCUT2D eigenvalue weighted by molar-refractivity contribution is 0.597. The standard InChI is InChI=1S/C17H21ClN4O2S/c1-20-17(21-9-8-13-4-2-6-15(18)10-13)22-12-14-5-3-7-16(11-14)25(19,23)24/h2-7,10-11H,8-9,12H2,1H3,(H2,19,23,24)(H2,20,21,22). The average Bonchev–Trinajstić information content (AvgIpc) is 2.57. The molecular formula is C17H21ClN4O2S. The zero-order chi connectivity index (χ0) is 18.3. The molecule has 0 spiro atoms. The third-order valence-corrected chi connectivity index (χ3v) is 4.65. The molecule has 0 heterocycles. The van der Waals surface area contributed by atoms with Crippen LogP contribution in [0.3, 0.4) is 0 Å². The van der Waals surface area contributed by atoms with Crippen molar-refractivity contribution in [3.63, 3.8) is 0 Å². The minimum atomic E-state index is -3.70. The third kappa shape index (κ3) is 6.38. The van der Waals surface area contributed by atoms with Crippen LogP contribution in [0.25, 0.3) is 0 Å². The van der Waals surface area contributed by atoms with Gasteiger partial charge in [0.1, 0.15) is 0 Å². The van der Waals surface area contributed by atoms with Gasteiger partial charge in [0.05, 0.1) is 4.90 Å². The first-order valence-electron chi connectivity index (χ1n) is 7.69. The number of halogens is 1. The summed E-state index contributed by atoms with van der Waals surface area (Å²) in [4.78, 5) is 4.24. The molecule has 0 aliphatic heterocycles. The van der Waals surface area contributed by atoms with Gasteiger partial charge in [-0.25, -0.2) is 13.6 Å². The zero-order valence-corrected chi connectivity index (χ0v) is 15.4. The van der Waals surface area contributed by atoms with E-state index in [0.717, 1.165) is 22.6 Å². The maximum Gasteiger partial charge on any atom is 0.238 e. The first-order chi connectivity index (χ1) is 11.9. The Hall–Kier alpha value is -2.09. The minimum Gasteiger partial charge on any atom is -0.356 e. The van der Waals surface area contributed by atoms with E-state index >= 15 is 0 Å². The third-order valence-electron chi connectivity index (χ3n) is 3.51. The van der Waals surface area contributed by atoms with Crippen molar-refractivity contribution in [2.45, 2.75) is 17.9 Å². The van der Waals surface area contributed by atoms with Gasteiger partial charge in [-0.15, -0.1) is 0 Å². The van der Waals surface area contributed by atoms with Crippen molar-refractivity contribution in [3.05, 3.63) is 64.7 Å². The van der Waals surface area contributed by atoms with Crippen LogP contribution in [0.5, 0.6) is 0 Å². The highest BCUT2D eigenvalue weighted by molar-refractivity contribution is 7.89. The second-order valence-corrected chi connectivity index (χ2v) is 7.42. The number of nitrogens with one attached hydrogen (secondary N) is 2. The number of aliphatic imine (C=N–C) groups is 1. The number of sulfonamides is 1. The first kappa shape index (κ1) is 19.2. The highest BCUT2D eigenvalue weighted by Gasteiger charge is 2.08. The molecule has 8 heteroatoms. The molecule has 0 saturated carbocycles. The van der Waals surface area contributed by atoms with E-state index in [0.29, 0.717) is 19.0 Å². The fraction of sp³-hybridized carbons (Fsp3) is 0.235. The van der Waals surface area contributed by atoms with Gasteiger partial charge in [0, 0.05) is 25.2 Å². The van der Waals surface area contributed by atoms with Crippen molar-refractivity contribution in [2.24, 2.45) is 10.1 Å². The van der Waals surface area contributed by atoms with Gasteiger partial charge >= 0.3 is 0 Å². The summed E-state index contributed by atoms with van der Waals surface area (Å²) >= 11 is 5.97. The van der Waals surface area contributed by atoms with E-state index in [1.54, 1.807) is 19.2 Å². The SMILES string of the molecule is CN=C(NCCc1cccc(Cl)c1)NCc1cccc(S(N)(=O)=O)c1. The molecule has 2 aromatic carbocycles. The number of hydrogen-bond acceptors (Lipinski definition) is 3. The van der Waals surface area contributed by atoms with Crippen molar-refractivity contribution in [1.82, 2.24) is 10.6 Å². The second-order valence-electron chi connectivity index (χ2n) is 5.42. The van der Waals surface area contributed by atoms with Crippen LogP contribution in [0.4, 0.5) is 0 Å². The largest absolute Gasteiger partial charge is 0.356 e. The van der Waals surface area contributed by atoms with Crippen LogP contribution >= 0.6 is 11.6 Å². The molecule has 25 heavy (non-hydrogen) atoms. The highest BCUT2D eigenvalue weighted by atomic mass is 35.5. The monoisotopic (exact) mass is 380 g/mol. The number of nitrogens with two attached hydrogens (primary N) is 1. The van der Waals surface area contributed by atoms with Crippen LogP contribution in [-0.4, -0.2) is 28.0 Å². The molecule has 0 aliphatic carbocycles. The summed E-state index contributed by atoms with van der Waals surface area (Å²) in [6.45, 7) is 1.12. The van der Waals surface area contributed by atoms with Gasteiger partial charge in [-0.2, -0.15) is 0 Å². The van der Waals surface area contributed by atoms with E-state index in [1.807, 2.05) is 30.3 Å². The topological polar surface area (TPSA) is 96.6 Å². The maximum absolute atomic E-state index is 11.4. The molecule has 0 fully saturated rings. The Labute approximate surface area is 153 Å². The lowest BCUT2D eigenvalue weighted by Gasteiger charge is -2.12. The molecule has 0 unspecified atom stereocenters. The summed E-state index contributed by atoms with van der Waals surface area (Å²) in [6, 6.07) is 14.2. The normalized spacial score (nSPS) is 12.0. The van der Waals surface area contributed by atoms with Crippen molar-refractivity contribution in [3.8, 4) is 0 Å². The molecule has 2 aromatic rings. The van der Waals surface area contributed by atoms with Gasteiger partial charge in [0.25, 0.3) is 0 Å². The van der Waals surface area contributed by atoms with E-state index in [2.05, 4.69) is 15.6 Å². The predicted octanol–water partition coefficient (Wildman–Crippen LogP) is 1.90. The number of hydrogen-bond donors (Lipinski definition) is 3. The van der Waals surface area contributed by atoms with Crippen LogP contribution in [0.2, 0.25) is 5.02 Å². The Morgan fingerprint density at radius 2 is 1.84 bits per heavy atom. The molecule has 6 nitrogen and oxygen atoms in total. The van der Waals surface area contributed by atoms with E-state index in [1.165, 1.54) is 6.07 Å². The Balaban J connectivity index is 1.86. The van der Waals surface area contributed by atoms with Gasteiger partial charge in [-0.1, -0.05) is 35.9 Å². The van der Waals surface area contributed by atoms with E-state index in [-0.39, 0.29) is 4.90 Å². The Bertz CT molecular complexity index is 853. The van der Waals surface area contributed by atoms with Gasteiger partial charge < -0.3 is 10.6 Å². The lowest BCUT2D eigenvalue weighted by Crippen LogP contribution is -2.37. The van der Waals surface area contributed by atoms with Crippen LogP contribution < -0.4 is 15.8 Å². The number of primary sulfonamides is 1. The van der Waals surface area contributed by atoms with Crippen molar-refractivity contribution >= 4 is 27.6 Å². The molecule has 0 aromatic heterocycles. The first-order valence-corrected chi connectivity index (χ1v) is 9.61. The van der Waals surface area contributed by atoms with Crippen molar-refractivity contribution in [1.29, 1.82) is 0 Å². The molecule has 0 atom stereocenters. The fourth-order valence-corrected chi connectivity index (χ4v) is 3.05. The summed E-state index contributed by atoms with van der Waals surface area (Å²) in [5.41, 5.74) is 1.93. The van der Waals surface area contributed by atoms with Gasteiger partial charge in [0.15, 0.2) is 5.96 Å². The van der Waals surface area contributed by atoms with E-state index in [9.17, 15) is 8.42 Å². The molecule has 2 rings (SSSR count). The van der Waals surface area contributed by atoms with Crippen LogP contribution in [0.15, 0.2) is 58.4 Å². The van der Waals surface area contributed by atoms with Crippen molar-refractivity contribution < 1.29 is 8.42 Å². The van der Waals surface area contributed by atoms with E-state index < -0.39 is 10.0 Å². The van der Waals surface area contributed by atoms with Gasteiger partial charge in [-0.3, -0.25) is 4.99 Å². The van der Waals surface area contributed by atoms with Gasteiger partial charge in [0.2, 0.25) is 10.0 Å². The fourth-order valence-electron chi connectivity index (χ4n) is 2.26. The summed E-state index contributed by atoms with van der Waals surface area (Å²) in [7, 11) is -2.03. The molecule has 134 valence electrons. The van der Waals surface area contributed by atoms with Crippen LogP contribution in [-0.2, 0) is 23.0 Å². The predicted molar refractivity (Wildman–Crippen MR) is 101 cm³/mol. The average molecular weight is 381 g/mol. The number of guanidine groups is 1. The lowest BCUT2D eigenvalue weighted by atomic mass is 10.1. The molecular weight excluding hydrogens is 360 g/mol. The van der Waals surface area contributed by atoms with Gasteiger partial charge in [-0.05, 0) is 41.8 Å². The molecule has 0 saturated heterocycles. The zero-order valence-electron chi connectivity index (χ0n) is 13.9. The Kier molecular flexibility index (Phi) is 6.81. The number of rotatable bonds is 6. The summed E-state index contributed by atoms with van der Waals surface area (Å²) in [5, 5.41) is 12.2. The quantitative estimate of drug-likeness (QED) is 0.526. The molecule has 0 radical (unpaired) electrons. The summed E-state index contributed by atoms with van der Waals surface area (Å²) < 4.78 is 22.8. The maximum atomic E-state index is 11.4. The molecule has 0 amide bonds. The van der Waals surface area contributed by atoms with Crippen LogP contribution in [0, 0.1) is 0 Å². The Morgan fingerprint density at radius 3 is 2.52 bits per heavy atom. The number of nitrogens with zero attached hydrogens (tertiary/aromatic N) is 1. The molecule has 0 bridgehead atoms. The van der Waals surface area contributed by atoms with Crippen LogP contribution in [0.1, 0.15) is 11.1 Å². The molecule has 0 aliphatic rings. The molecule has 4 N–H and O–H groups in total. The minimum absolute atomic E-state index is 0.0932.